The summed E-state index contributed by atoms with van der Waals surface area (Å²) in [5, 5.41) is 0. The maximum absolute atomic E-state index is 13.5. The van der Waals surface area contributed by atoms with Gasteiger partial charge in [0, 0.05) is 21.9 Å². The van der Waals surface area contributed by atoms with Gasteiger partial charge >= 0.3 is 0 Å². The van der Waals surface area contributed by atoms with Crippen LogP contribution in [0.15, 0.2) is 41.3 Å². The van der Waals surface area contributed by atoms with Crippen molar-refractivity contribution in [3.05, 3.63) is 53.6 Å². The number of anilines is 1. The first kappa shape index (κ1) is 13.7. The van der Waals surface area contributed by atoms with Crippen molar-refractivity contribution in [3.63, 3.8) is 0 Å². The molecule has 0 radical (unpaired) electrons. The van der Waals surface area contributed by atoms with E-state index in [1.807, 2.05) is 0 Å². The fourth-order valence-electron chi connectivity index (χ4n) is 1.59. The number of nitrogen functional groups attached to an aromatic ring is 1. The topological polar surface area (TPSA) is 35.2 Å². The first-order valence-corrected chi connectivity index (χ1v) is 6.59. The lowest BCUT2D eigenvalue weighted by Crippen LogP contribution is -1.95. The zero-order valence-corrected chi connectivity index (χ0v) is 11.1. The SMILES string of the molecule is COc1ccc(N)c(SCc2c(F)cccc2F)c1. The summed E-state index contributed by atoms with van der Waals surface area (Å²) in [5.41, 5.74) is 6.43. The number of methoxy groups -OCH3 is 1. The third kappa shape index (κ3) is 3.17. The largest absolute Gasteiger partial charge is 0.497 e. The number of ether oxygens (including phenoxy) is 1. The molecule has 0 saturated heterocycles. The van der Waals surface area contributed by atoms with Crippen LogP contribution in [0.4, 0.5) is 14.5 Å². The van der Waals surface area contributed by atoms with E-state index in [1.54, 1.807) is 25.3 Å². The van der Waals surface area contributed by atoms with Crippen molar-refractivity contribution in [1.82, 2.24) is 0 Å². The maximum Gasteiger partial charge on any atom is 0.130 e. The van der Waals surface area contributed by atoms with E-state index in [4.69, 9.17) is 10.5 Å². The third-order valence-corrected chi connectivity index (χ3v) is 3.75. The van der Waals surface area contributed by atoms with Crippen LogP contribution in [-0.2, 0) is 5.75 Å². The van der Waals surface area contributed by atoms with Crippen molar-refractivity contribution >= 4 is 17.4 Å². The summed E-state index contributed by atoms with van der Waals surface area (Å²) in [6, 6.07) is 9.03. The first-order chi connectivity index (χ1) is 9.11. The number of halogens is 2. The molecule has 0 aliphatic rings. The van der Waals surface area contributed by atoms with E-state index in [9.17, 15) is 8.78 Å². The van der Waals surface area contributed by atoms with Gasteiger partial charge in [-0.2, -0.15) is 0 Å². The smallest absolute Gasteiger partial charge is 0.130 e. The second-order valence-corrected chi connectivity index (χ2v) is 4.91. The first-order valence-electron chi connectivity index (χ1n) is 5.61. The summed E-state index contributed by atoms with van der Waals surface area (Å²) < 4.78 is 32.1. The molecule has 19 heavy (non-hydrogen) atoms. The molecule has 0 bridgehead atoms. The average Bonchev–Trinajstić information content (AvgIpc) is 2.40. The van der Waals surface area contributed by atoms with Gasteiger partial charge in [0.15, 0.2) is 0 Å². The van der Waals surface area contributed by atoms with E-state index in [2.05, 4.69) is 0 Å². The van der Waals surface area contributed by atoms with Crippen LogP contribution in [0.25, 0.3) is 0 Å². The van der Waals surface area contributed by atoms with Crippen LogP contribution in [0, 0.1) is 11.6 Å². The lowest BCUT2D eigenvalue weighted by atomic mass is 10.2. The Kier molecular flexibility index (Phi) is 4.27. The molecule has 0 fully saturated rings. The minimum Gasteiger partial charge on any atom is -0.497 e. The molecule has 0 spiro atoms. The lowest BCUT2D eigenvalue weighted by molar-refractivity contribution is 0.414. The molecule has 0 aliphatic carbocycles. The van der Waals surface area contributed by atoms with E-state index in [0.717, 1.165) is 4.90 Å². The maximum atomic E-state index is 13.5. The van der Waals surface area contributed by atoms with Gasteiger partial charge in [-0.15, -0.1) is 11.8 Å². The van der Waals surface area contributed by atoms with E-state index in [1.165, 1.54) is 30.0 Å². The highest BCUT2D eigenvalue weighted by molar-refractivity contribution is 7.98. The second kappa shape index (κ2) is 5.93. The van der Waals surface area contributed by atoms with Crippen molar-refractivity contribution in [1.29, 1.82) is 0 Å². The Morgan fingerprint density at radius 1 is 1.16 bits per heavy atom. The minimum atomic E-state index is -0.547. The summed E-state index contributed by atoms with van der Waals surface area (Å²) in [4.78, 5) is 0.738. The molecule has 2 aromatic carbocycles. The van der Waals surface area contributed by atoms with Gasteiger partial charge in [-0.05, 0) is 30.3 Å². The average molecular weight is 281 g/mol. The van der Waals surface area contributed by atoms with Gasteiger partial charge in [0.25, 0.3) is 0 Å². The molecule has 0 unspecified atom stereocenters. The Morgan fingerprint density at radius 3 is 2.47 bits per heavy atom. The fourth-order valence-corrected chi connectivity index (χ4v) is 2.60. The summed E-state index contributed by atoms with van der Waals surface area (Å²) in [6.07, 6.45) is 0. The van der Waals surface area contributed by atoms with Crippen molar-refractivity contribution in [2.24, 2.45) is 0 Å². The van der Waals surface area contributed by atoms with E-state index < -0.39 is 11.6 Å². The normalized spacial score (nSPS) is 10.5. The molecule has 100 valence electrons. The van der Waals surface area contributed by atoms with E-state index >= 15 is 0 Å². The van der Waals surface area contributed by atoms with Crippen LogP contribution >= 0.6 is 11.8 Å². The van der Waals surface area contributed by atoms with Crippen LogP contribution in [-0.4, -0.2) is 7.11 Å². The molecule has 2 N–H and O–H groups in total. The monoisotopic (exact) mass is 281 g/mol. The Hall–Kier alpha value is -1.75. The molecule has 0 atom stereocenters. The molecular formula is C14H13F2NOS. The Bertz CT molecular complexity index is 569. The summed E-state index contributed by atoms with van der Waals surface area (Å²) >= 11 is 1.27. The van der Waals surface area contributed by atoms with Gasteiger partial charge in [-0.25, -0.2) is 8.78 Å². The van der Waals surface area contributed by atoms with Crippen molar-refractivity contribution in [2.45, 2.75) is 10.6 Å². The summed E-state index contributed by atoms with van der Waals surface area (Å²) in [7, 11) is 1.55. The van der Waals surface area contributed by atoms with Crippen molar-refractivity contribution < 1.29 is 13.5 Å². The van der Waals surface area contributed by atoms with Gasteiger partial charge in [-0.1, -0.05) is 6.07 Å². The van der Waals surface area contributed by atoms with Gasteiger partial charge in [-0.3, -0.25) is 0 Å². The molecule has 2 aromatic rings. The Balaban J connectivity index is 2.19. The molecule has 0 amide bonds. The van der Waals surface area contributed by atoms with E-state index in [0.29, 0.717) is 11.4 Å². The van der Waals surface area contributed by atoms with E-state index in [-0.39, 0.29) is 11.3 Å². The molecule has 2 rings (SSSR count). The number of hydrogen-bond donors (Lipinski definition) is 1. The zero-order chi connectivity index (χ0) is 13.8. The lowest BCUT2D eigenvalue weighted by Gasteiger charge is -2.09. The molecule has 0 heterocycles. The number of benzene rings is 2. The van der Waals surface area contributed by atoms with Crippen LogP contribution in [0.3, 0.4) is 0 Å². The van der Waals surface area contributed by atoms with Gasteiger partial charge in [0.05, 0.1) is 7.11 Å². The van der Waals surface area contributed by atoms with Gasteiger partial charge in [0.2, 0.25) is 0 Å². The van der Waals surface area contributed by atoms with Crippen LogP contribution in [0.5, 0.6) is 5.75 Å². The summed E-state index contributed by atoms with van der Waals surface area (Å²) in [5.74, 6) is -0.260. The highest BCUT2D eigenvalue weighted by Crippen LogP contribution is 2.32. The molecule has 0 aliphatic heterocycles. The number of rotatable bonds is 4. The van der Waals surface area contributed by atoms with Crippen LogP contribution in [0.2, 0.25) is 0 Å². The number of nitrogens with two attached hydrogens (primary N) is 1. The predicted octanol–water partition coefficient (Wildman–Crippen LogP) is 3.85. The number of hydrogen-bond acceptors (Lipinski definition) is 3. The zero-order valence-electron chi connectivity index (χ0n) is 10.3. The third-order valence-electron chi connectivity index (χ3n) is 2.65. The van der Waals surface area contributed by atoms with Crippen LogP contribution in [0.1, 0.15) is 5.56 Å². The second-order valence-electron chi connectivity index (χ2n) is 3.89. The number of thioether (sulfide) groups is 1. The van der Waals surface area contributed by atoms with Crippen LogP contribution < -0.4 is 10.5 Å². The quantitative estimate of drug-likeness (QED) is 0.683. The Morgan fingerprint density at radius 2 is 1.84 bits per heavy atom. The van der Waals surface area contributed by atoms with Gasteiger partial charge < -0.3 is 10.5 Å². The minimum absolute atomic E-state index is 0.0507. The Labute approximate surface area is 114 Å². The van der Waals surface area contributed by atoms with Crippen molar-refractivity contribution in [2.75, 3.05) is 12.8 Å². The summed E-state index contributed by atoms with van der Waals surface area (Å²) in [6.45, 7) is 0. The fraction of sp³-hybridized carbons (Fsp3) is 0.143. The predicted molar refractivity (Wildman–Crippen MR) is 73.3 cm³/mol. The van der Waals surface area contributed by atoms with Crippen molar-refractivity contribution in [3.8, 4) is 5.75 Å². The molecule has 0 saturated carbocycles. The highest BCUT2D eigenvalue weighted by Gasteiger charge is 2.10. The molecule has 2 nitrogen and oxygen atoms in total. The molecule has 0 aromatic heterocycles. The molecular weight excluding hydrogens is 268 g/mol. The van der Waals surface area contributed by atoms with Gasteiger partial charge in [0.1, 0.15) is 17.4 Å². The standard InChI is InChI=1S/C14H13F2NOS/c1-18-9-5-6-13(17)14(7-9)19-8-10-11(15)3-2-4-12(10)16/h2-7H,8,17H2,1H3. The highest BCUT2D eigenvalue weighted by atomic mass is 32.2. The molecule has 5 heteroatoms.